The molecule has 0 aliphatic carbocycles. The minimum absolute atomic E-state index is 0.00194. The minimum Gasteiger partial charge on any atom is -0.489 e. The van der Waals surface area contributed by atoms with Gasteiger partial charge in [-0.2, -0.15) is 0 Å². The number of H-pyrrole nitrogens is 6. The van der Waals surface area contributed by atoms with Crippen LogP contribution in [0.4, 0.5) is 26.3 Å². The zero-order chi connectivity index (χ0) is 62.9. The Morgan fingerprint density at radius 1 is 0.398 bits per heavy atom. The molecule has 11 N–H and O–H groups in total. The number of aromatic nitrogens is 6. The number of aromatic amines is 6. The van der Waals surface area contributed by atoms with Gasteiger partial charge in [0.15, 0.2) is 28.7 Å². The maximum absolute atomic E-state index is 15.7. The molecule has 93 heavy (non-hydrogen) atoms. The number of fused-ring (bicyclic) bond motifs is 18. The summed E-state index contributed by atoms with van der Waals surface area (Å²) in [4.78, 5) is 28.3. The lowest BCUT2D eigenvalue weighted by molar-refractivity contribution is -0.196. The van der Waals surface area contributed by atoms with Crippen molar-refractivity contribution in [2.75, 3.05) is 52.4 Å². The molecule has 3 saturated heterocycles. The van der Waals surface area contributed by atoms with Crippen molar-refractivity contribution in [3.8, 4) is 17.2 Å². The molecule has 470 valence electrons. The summed E-state index contributed by atoms with van der Waals surface area (Å²) < 4.78 is 117. The SMILES string of the molecule is NC1CCN(C(CN2CC(O)C2)(CC(CCOc2c3[nH]c4ccc(F)cc4c3cc3c2[nH]c2ccc(F)cc23)(Oc2c3[nH]c4ccc(F)cc4c3cc3c2[nH]c2ccc(F)cc23)N2CCC(N)C2)Oc2c3[nH]c4ccc(F)cc4c3cc3c2[nH]c2ccc(F)cc23)CC1. The zero-order valence-electron chi connectivity index (χ0n) is 50.0. The molecule has 0 spiro atoms. The second-order valence-corrected chi connectivity index (χ2v) is 26.1. The van der Waals surface area contributed by atoms with Gasteiger partial charge in [-0.15, -0.1) is 0 Å². The number of β-amino-alcohol motifs (C(OH)–C–C–N with tert-alkyl or cyclic N) is 1. The zero-order valence-corrected chi connectivity index (χ0v) is 50.0. The van der Waals surface area contributed by atoms with E-state index in [1.807, 2.05) is 18.2 Å². The Hall–Kier alpha value is -9.48. The first kappa shape index (κ1) is 56.3. The van der Waals surface area contributed by atoms with E-state index in [0.717, 1.165) is 0 Å². The fourth-order valence-corrected chi connectivity index (χ4v) is 15.8. The van der Waals surface area contributed by atoms with Gasteiger partial charge < -0.3 is 60.7 Å². The lowest BCUT2D eigenvalue weighted by Crippen LogP contribution is -2.70. The molecule has 18 rings (SSSR count). The number of halogens is 6. The van der Waals surface area contributed by atoms with E-state index < -0.39 is 52.5 Å². The number of nitrogens with zero attached hydrogens (tertiary/aromatic N) is 3. The molecule has 15 nitrogen and oxygen atoms in total. The third-order valence-corrected chi connectivity index (χ3v) is 20.2. The van der Waals surface area contributed by atoms with E-state index in [0.29, 0.717) is 207 Å². The molecule has 3 atom stereocenters. The van der Waals surface area contributed by atoms with Gasteiger partial charge in [0.05, 0.1) is 58.8 Å². The number of hydrogen-bond donors (Lipinski definition) is 9. The smallest absolute Gasteiger partial charge is 0.181 e. The van der Waals surface area contributed by atoms with Gasteiger partial charge in [0.2, 0.25) is 0 Å². The predicted molar refractivity (Wildman–Crippen MR) is 352 cm³/mol. The summed E-state index contributed by atoms with van der Waals surface area (Å²) in [6.45, 7) is 2.35. The van der Waals surface area contributed by atoms with Crippen LogP contribution >= 0.6 is 0 Å². The highest BCUT2D eigenvalue weighted by molar-refractivity contribution is 6.23. The molecule has 15 aromatic rings. The standard InChI is InChI=1S/C72H61F6N11O4/c73-35-1-7-56-44(21-35)50-27-51-45-22-36(74)2-8-57(45)82-63(51)68(62(50)81-56)91-20-16-71(89-19-15-42(80)30-89,92-69-64-52(46-23-37(75)3-9-58(46)83-64)28-53-47-24-38(76)4-10-59(47)84-65(53)69)33-72(34-87-31-43(90)32-87,88-17-13-41(79)14-18-88)93-70-66-54(48-25-39(77)5-11-60(48)85-66)29-55-49-26-40(78)6-12-61(49)86-67(55)70/h1-12,21-29,41-43,81-86,90H,13-20,30-34,79-80H2. The summed E-state index contributed by atoms with van der Waals surface area (Å²) in [6.07, 6.45) is 1.13. The van der Waals surface area contributed by atoms with Gasteiger partial charge in [-0.25, -0.2) is 26.3 Å². The number of aliphatic hydroxyl groups excluding tert-OH is 1. The molecule has 0 saturated carbocycles. The number of aliphatic hydroxyl groups is 1. The van der Waals surface area contributed by atoms with Gasteiger partial charge in [0, 0.05) is 156 Å². The van der Waals surface area contributed by atoms with Crippen LogP contribution in [0.2, 0.25) is 0 Å². The highest BCUT2D eigenvalue weighted by Crippen LogP contribution is 2.51. The van der Waals surface area contributed by atoms with E-state index >= 15 is 26.3 Å². The first-order valence-electron chi connectivity index (χ1n) is 31.6. The number of benzene rings is 9. The Balaban J connectivity index is 0.908. The second kappa shape index (κ2) is 20.8. The molecule has 0 amide bonds. The van der Waals surface area contributed by atoms with Crippen molar-refractivity contribution in [1.29, 1.82) is 0 Å². The first-order valence-corrected chi connectivity index (χ1v) is 31.6. The third kappa shape index (κ3) is 9.02. The molecule has 21 heteroatoms. The Labute approximate surface area is 524 Å². The lowest BCUT2D eigenvalue weighted by atomic mass is 9.89. The van der Waals surface area contributed by atoms with Gasteiger partial charge in [0.1, 0.15) is 34.9 Å². The summed E-state index contributed by atoms with van der Waals surface area (Å²) in [5.74, 6) is -1.58. The summed E-state index contributed by atoms with van der Waals surface area (Å²) in [5.41, 5.74) is 18.0. The third-order valence-electron chi connectivity index (χ3n) is 20.2. The Morgan fingerprint density at radius 3 is 1.05 bits per heavy atom. The van der Waals surface area contributed by atoms with Crippen LogP contribution in [0.5, 0.6) is 17.2 Å². The molecule has 3 unspecified atom stereocenters. The van der Waals surface area contributed by atoms with Crippen LogP contribution in [0.15, 0.2) is 127 Å². The summed E-state index contributed by atoms with van der Waals surface area (Å²) in [5, 5.41) is 18.6. The van der Waals surface area contributed by atoms with E-state index in [4.69, 9.17) is 25.7 Å². The average Bonchev–Trinajstić information content (AvgIpc) is 1.64. The molecule has 3 aliphatic rings. The van der Waals surface area contributed by atoms with Crippen molar-refractivity contribution < 1.29 is 45.7 Å². The topological polar surface area (TPSA) is 204 Å². The fourth-order valence-electron chi connectivity index (χ4n) is 15.8. The predicted octanol–water partition coefficient (Wildman–Crippen LogP) is 14.2. The quantitative estimate of drug-likeness (QED) is 0.0475. The highest BCUT2D eigenvalue weighted by atomic mass is 19.1. The van der Waals surface area contributed by atoms with Crippen molar-refractivity contribution >= 4 is 131 Å². The first-order chi connectivity index (χ1) is 45.1. The van der Waals surface area contributed by atoms with E-state index in [1.165, 1.54) is 72.8 Å². The minimum atomic E-state index is -1.58. The normalized spacial score (nSPS) is 18.2. The molecular weight excluding hydrogens is 1200 g/mol. The van der Waals surface area contributed by atoms with E-state index in [9.17, 15) is 5.11 Å². The average molecular weight is 1260 g/mol. The Kier molecular flexibility index (Phi) is 12.6. The fraction of sp³-hybridized carbons (Fsp3) is 0.250. The largest absolute Gasteiger partial charge is 0.489 e. The number of nitrogens with two attached hydrogens (primary N) is 2. The van der Waals surface area contributed by atoms with Gasteiger partial charge in [-0.3, -0.25) is 14.7 Å². The summed E-state index contributed by atoms with van der Waals surface area (Å²) >= 11 is 0. The molecule has 9 aromatic carbocycles. The van der Waals surface area contributed by atoms with Crippen LogP contribution < -0.4 is 25.7 Å². The molecule has 9 heterocycles. The Bertz CT molecular complexity index is 5320. The van der Waals surface area contributed by atoms with Crippen LogP contribution in [0, 0.1) is 34.9 Å². The van der Waals surface area contributed by atoms with Crippen molar-refractivity contribution in [3.63, 3.8) is 0 Å². The summed E-state index contributed by atoms with van der Waals surface area (Å²) in [7, 11) is 0. The highest BCUT2D eigenvalue weighted by Gasteiger charge is 2.55. The molecule has 0 radical (unpaired) electrons. The van der Waals surface area contributed by atoms with Gasteiger partial charge in [-0.05, 0) is 147 Å². The van der Waals surface area contributed by atoms with E-state index in [1.54, 1.807) is 36.4 Å². The van der Waals surface area contributed by atoms with Crippen LogP contribution in [-0.4, -0.2) is 132 Å². The maximum atomic E-state index is 15.7. The van der Waals surface area contributed by atoms with E-state index in [-0.39, 0.29) is 38.1 Å². The Morgan fingerprint density at radius 2 is 0.720 bits per heavy atom. The number of ether oxygens (including phenoxy) is 3. The monoisotopic (exact) mass is 1260 g/mol. The van der Waals surface area contributed by atoms with Crippen LogP contribution in [-0.2, 0) is 0 Å². The van der Waals surface area contributed by atoms with Gasteiger partial charge in [-0.1, -0.05) is 0 Å². The number of hydrogen-bond acceptors (Lipinski definition) is 9. The maximum Gasteiger partial charge on any atom is 0.181 e. The molecular formula is C72H61F6N11O4. The van der Waals surface area contributed by atoms with Crippen molar-refractivity contribution in [2.24, 2.45) is 11.5 Å². The van der Waals surface area contributed by atoms with Gasteiger partial charge in [0.25, 0.3) is 0 Å². The number of rotatable bonds is 14. The molecule has 3 aliphatic heterocycles. The number of likely N-dealkylation sites (tertiary alicyclic amines) is 3. The van der Waals surface area contributed by atoms with Crippen molar-refractivity contribution in [2.45, 2.75) is 61.7 Å². The van der Waals surface area contributed by atoms with Crippen molar-refractivity contribution in [3.05, 3.63) is 162 Å². The van der Waals surface area contributed by atoms with Crippen molar-refractivity contribution in [1.82, 2.24) is 44.6 Å². The second-order valence-electron chi connectivity index (χ2n) is 26.1. The number of piperidine rings is 1. The molecule has 3 fully saturated rings. The van der Waals surface area contributed by atoms with Gasteiger partial charge >= 0.3 is 0 Å². The van der Waals surface area contributed by atoms with E-state index in [2.05, 4.69) is 44.6 Å². The molecule has 6 aromatic heterocycles. The summed E-state index contributed by atoms with van der Waals surface area (Å²) in [6, 6.07) is 32.5. The van der Waals surface area contributed by atoms with Crippen LogP contribution in [0.3, 0.4) is 0 Å². The number of nitrogens with one attached hydrogen (secondary N) is 6. The lowest BCUT2D eigenvalue weighted by Gasteiger charge is -2.54. The molecule has 0 bridgehead atoms. The van der Waals surface area contributed by atoms with Crippen LogP contribution in [0.1, 0.15) is 32.1 Å². The van der Waals surface area contributed by atoms with Crippen LogP contribution in [0.25, 0.3) is 131 Å².